The molecule has 0 aliphatic carbocycles. The lowest BCUT2D eigenvalue weighted by atomic mass is 10.0. The van der Waals surface area contributed by atoms with E-state index in [0.29, 0.717) is 41.7 Å². The zero-order valence-electron chi connectivity index (χ0n) is 11.9. The van der Waals surface area contributed by atoms with Crippen LogP contribution in [0, 0.1) is 5.92 Å². The van der Waals surface area contributed by atoms with Gasteiger partial charge in [0.25, 0.3) is 0 Å². The quantitative estimate of drug-likeness (QED) is 0.800. The van der Waals surface area contributed by atoms with Crippen molar-refractivity contribution in [1.82, 2.24) is 9.97 Å². The fourth-order valence-corrected chi connectivity index (χ4v) is 2.91. The van der Waals surface area contributed by atoms with E-state index in [1.165, 1.54) is 0 Å². The van der Waals surface area contributed by atoms with Crippen molar-refractivity contribution in [2.45, 2.75) is 6.18 Å². The summed E-state index contributed by atoms with van der Waals surface area (Å²) in [6.45, 7) is 1.93. The Balaban J connectivity index is 1.55. The molecule has 0 spiro atoms. The SMILES string of the molecule is FC(F)(F)c1cnc(N2CC(COc3cccnc3)C2)c(Br)c1. The van der Waals surface area contributed by atoms with Crippen molar-refractivity contribution in [3.8, 4) is 5.75 Å². The normalized spacial score (nSPS) is 15.4. The van der Waals surface area contributed by atoms with E-state index in [4.69, 9.17) is 4.74 Å². The Kier molecular flexibility index (Phi) is 4.43. The molecule has 0 saturated carbocycles. The lowest BCUT2D eigenvalue weighted by molar-refractivity contribution is -0.137. The van der Waals surface area contributed by atoms with Gasteiger partial charge in [0.05, 0.1) is 22.8 Å². The van der Waals surface area contributed by atoms with Crippen LogP contribution < -0.4 is 9.64 Å². The maximum absolute atomic E-state index is 12.6. The van der Waals surface area contributed by atoms with Crippen LogP contribution in [0.25, 0.3) is 0 Å². The van der Waals surface area contributed by atoms with E-state index >= 15 is 0 Å². The average molecular weight is 388 g/mol. The molecule has 2 aromatic rings. The first-order chi connectivity index (χ1) is 10.9. The van der Waals surface area contributed by atoms with E-state index in [1.807, 2.05) is 11.0 Å². The first-order valence-corrected chi connectivity index (χ1v) is 7.73. The van der Waals surface area contributed by atoms with Gasteiger partial charge in [-0.2, -0.15) is 13.2 Å². The molecule has 0 unspecified atom stereocenters. The number of alkyl halides is 3. The summed E-state index contributed by atoms with van der Waals surface area (Å²) >= 11 is 3.17. The highest BCUT2D eigenvalue weighted by molar-refractivity contribution is 9.10. The molecule has 23 heavy (non-hydrogen) atoms. The van der Waals surface area contributed by atoms with Crippen LogP contribution in [0.1, 0.15) is 5.56 Å². The first-order valence-electron chi connectivity index (χ1n) is 6.94. The number of ether oxygens (including phenoxy) is 1. The predicted molar refractivity (Wildman–Crippen MR) is 82.4 cm³/mol. The van der Waals surface area contributed by atoms with Crippen molar-refractivity contribution >= 4 is 21.7 Å². The minimum absolute atomic E-state index is 0.311. The lowest BCUT2D eigenvalue weighted by Gasteiger charge is -2.40. The van der Waals surface area contributed by atoms with Crippen molar-refractivity contribution in [3.63, 3.8) is 0 Å². The molecule has 122 valence electrons. The van der Waals surface area contributed by atoms with Crippen LogP contribution in [0.5, 0.6) is 5.75 Å². The van der Waals surface area contributed by atoms with Crippen LogP contribution in [0.4, 0.5) is 19.0 Å². The number of hydrogen-bond acceptors (Lipinski definition) is 4. The number of hydrogen-bond donors (Lipinski definition) is 0. The highest BCUT2D eigenvalue weighted by Crippen LogP contribution is 2.35. The summed E-state index contributed by atoms with van der Waals surface area (Å²) in [5.74, 6) is 1.54. The molecule has 1 aliphatic rings. The zero-order chi connectivity index (χ0) is 16.4. The number of nitrogens with zero attached hydrogens (tertiary/aromatic N) is 3. The van der Waals surface area contributed by atoms with Crippen LogP contribution in [0.3, 0.4) is 0 Å². The second kappa shape index (κ2) is 6.35. The van der Waals surface area contributed by atoms with Gasteiger partial charge in [-0.1, -0.05) is 0 Å². The molecule has 0 bridgehead atoms. The molecule has 3 rings (SSSR count). The van der Waals surface area contributed by atoms with Crippen LogP contribution >= 0.6 is 15.9 Å². The topological polar surface area (TPSA) is 38.2 Å². The monoisotopic (exact) mass is 387 g/mol. The van der Waals surface area contributed by atoms with Gasteiger partial charge in [0.15, 0.2) is 0 Å². The van der Waals surface area contributed by atoms with Crippen molar-refractivity contribution in [2.75, 3.05) is 24.6 Å². The molecule has 0 amide bonds. The van der Waals surface area contributed by atoms with Crippen LogP contribution in [0.2, 0.25) is 0 Å². The van der Waals surface area contributed by atoms with Gasteiger partial charge < -0.3 is 9.64 Å². The molecule has 0 radical (unpaired) electrons. The highest BCUT2D eigenvalue weighted by Gasteiger charge is 2.34. The molecule has 4 nitrogen and oxygen atoms in total. The van der Waals surface area contributed by atoms with Crippen molar-refractivity contribution in [3.05, 3.63) is 46.8 Å². The van der Waals surface area contributed by atoms with Gasteiger partial charge in [0.2, 0.25) is 0 Å². The number of pyridine rings is 2. The molecule has 1 aliphatic heterocycles. The smallest absolute Gasteiger partial charge is 0.417 e. The molecule has 0 N–H and O–H groups in total. The average Bonchev–Trinajstić information content (AvgIpc) is 2.47. The van der Waals surface area contributed by atoms with E-state index in [0.717, 1.165) is 12.3 Å². The lowest BCUT2D eigenvalue weighted by Crippen LogP contribution is -2.49. The van der Waals surface area contributed by atoms with Crippen molar-refractivity contribution in [2.24, 2.45) is 5.92 Å². The second-order valence-corrected chi connectivity index (χ2v) is 6.15. The molecule has 0 atom stereocenters. The number of halogens is 4. The third-order valence-electron chi connectivity index (χ3n) is 3.53. The number of aromatic nitrogens is 2. The van der Waals surface area contributed by atoms with E-state index < -0.39 is 11.7 Å². The van der Waals surface area contributed by atoms with Gasteiger partial charge in [-0.25, -0.2) is 4.98 Å². The van der Waals surface area contributed by atoms with E-state index in [2.05, 4.69) is 25.9 Å². The second-order valence-electron chi connectivity index (χ2n) is 5.30. The molecule has 2 aromatic heterocycles. The summed E-state index contributed by atoms with van der Waals surface area (Å²) in [5.41, 5.74) is -0.759. The molecule has 3 heterocycles. The van der Waals surface area contributed by atoms with Crippen LogP contribution in [-0.4, -0.2) is 29.7 Å². The standard InChI is InChI=1S/C15H13BrF3N3O/c16-13-4-11(15(17,18)19)5-21-14(13)22-7-10(8-22)9-23-12-2-1-3-20-6-12/h1-6,10H,7-9H2. The molecule has 8 heteroatoms. The van der Waals surface area contributed by atoms with Gasteiger partial charge in [-0.15, -0.1) is 0 Å². The number of anilines is 1. The van der Waals surface area contributed by atoms with E-state index in [1.54, 1.807) is 18.5 Å². The molecular formula is C15H13BrF3N3O. The summed E-state index contributed by atoms with van der Waals surface area (Å²) in [7, 11) is 0. The van der Waals surface area contributed by atoms with Crippen molar-refractivity contribution in [1.29, 1.82) is 0 Å². The zero-order valence-corrected chi connectivity index (χ0v) is 13.5. The highest BCUT2D eigenvalue weighted by atomic mass is 79.9. The molecule has 1 saturated heterocycles. The van der Waals surface area contributed by atoms with E-state index in [-0.39, 0.29) is 0 Å². The van der Waals surface area contributed by atoms with Crippen LogP contribution in [-0.2, 0) is 6.18 Å². The summed E-state index contributed by atoms with van der Waals surface area (Å²) in [6.07, 6.45) is -0.209. The minimum atomic E-state index is -4.39. The maximum Gasteiger partial charge on any atom is 0.417 e. The first kappa shape index (κ1) is 16.0. The Bertz CT molecular complexity index is 675. The summed E-state index contributed by atoms with van der Waals surface area (Å²) in [6, 6.07) is 4.69. The van der Waals surface area contributed by atoms with Gasteiger partial charge in [0, 0.05) is 31.4 Å². The summed E-state index contributed by atoms with van der Waals surface area (Å²) in [4.78, 5) is 9.81. The fraction of sp³-hybridized carbons (Fsp3) is 0.333. The van der Waals surface area contributed by atoms with Gasteiger partial charge in [-0.05, 0) is 34.1 Å². The van der Waals surface area contributed by atoms with Crippen LogP contribution in [0.15, 0.2) is 41.3 Å². The number of rotatable bonds is 4. The van der Waals surface area contributed by atoms with Gasteiger partial charge in [0.1, 0.15) is 11.6 Å². The Morgan fingerprint density at radius 1 is 1.30 bits per heavy atom. The van der Waals surface area contributed by atoms with E-state index in [9.17, 15) is 13.2 Å². The predicted octanol–water partition coefficient (Wildman–Crippen LogP) is 3.77. The van der Waals surface area contributed by atoms with Gasteiger partial charge >= 0.3 is 6.18 Å². The minimum Gasteiger partial charge on any atom is -0.492 e. The Morgan fingerprint density at radius 3 is 2.70 bits per heavy atom. The molecular weight excluding hydrogens is 375 g/mol. The van der Waals surface area contributed by atoms with Crippen molar-refractivity contribution < 1.29 is 17.9 Å². The third kappa shape index (κ3) is 3.74. The summed E-state index contributed by atoms with van der Waals surface area (Å²) in [5, 5.41) is 0. The Labute approximate surface area is 139 Å². The maximum atomic E-state index is 12.6. The van der Waals surface area contributed by atoms with Gasteiger partial charge in [-0.3, -0.25) is 4.98 Å². The fourth-order valence-electron chi connectivity index (χ4n) is 2.31. The summed E-state index contributed by atoms with van der Waals surface area (Å²) < 4.78 is 43.8. The third-order valence-corrected chi connectivity index (χ3v) is 4.11. The largest absolute Gasteiger partial charge is 0.492 e. The molecule has 0 aromatic carbocycles. The Hall–Kier alpha value is -1.83. The Morgan fingerprint density at radius 2 is 2.09 bits per heavy atom. The molecule has 1 fully saturated rings.